The Morgan fingerprint density at radius 2 is 2.05 bits per heavy atom. The lowest BCUT2D eigenvalue weighted by Gasteiger charge is -2.07. The monoisotopic (exact) mass is 364 g/mol. The van der Waals surface area contributed by atoms with Crippen LogP contribution in [-0.2, 0) is 16.6 Å². The van der Waals surface area contributed by atoms with Gasteiger partial charge in [-0.2, -0.15) is 0 Å². The van der Waals surface area contributed by atoms with Crippen molar-refractivity contribution in [2.75, 3.05) is 4.72 Å². The number of halogens is 2. The number of furan rings is 1. The van der Waals surface area contributed by atoms with Crippen LogP contribution in [-0.4, -0.2) is 8.42 Å². The molecule has 2 aromatic rings. The van der Waals surface area contributed by atoms with Crippen molar-refractivity contribution in [3.05, 3.63) is 45.8 Å². The van der Waals surface area contributed by atoms with Gasteiger partial charge in [0.2, 0.25) is 0 Å². The lowest BCUT2D eigenvalue weighted by Crippen LogP contribution is -2.13. The summed E-state index contributed by atoms with van der Waals surface area (Å²) in [6.07, 6.45) is 0. The quantitative estimate of drug-likeness (QED) is 0.872. The first-order valence-corrected chi connectivity index (χ1v) is 7.85. The Kier molecular flexibility index (Phi) is 4.19. The minimum absolute atomic E-state index is 0.0205. The van der Waals surface area contributed by atoms with Crippen LogP contribution in [0.1, 0.15) is 5.76 Å². The van der Waals surface area contributed by atoms with Gasteiger partial charge in [-0.3, -0.25) is 4.72 Å². The molecular formula is C11H10BrClN2O3S. The number of hydrogen-bond donors (Lipinski definition) is 2. The minimum atomic E-state index is -3.79. The molecule has 0 bridgehead atoms. The van der Waals surface area contributed by atoms with E-state index >= 15 is 0 Å². The fourth-order valence-corrected chi connectivity index (χ4v) is 3.74. The summed E-state index contributed by atoms with van der Waals surface area (Å²) in [6.45, 7) is 0.111. The molecule has 0 aliphatic rings. The number of para-hydroxylation sites is 1. The average molecular weight is 366 g/mol. The summed E-state index contributed by atoms with van der Waals surface area (Å²) in [7, 11) is -3.79. The third kappa shape index (κ3) is 3.11. The van der Waals surface area contributed by atoms with Crippen LogP contribution in [0.5, 0.6) is 0 Å². The molecule has 8 heteroatoms. The number of rotatable bonds is 4. The van der Waals surface area contributed by atoms with Gasteiger partial charge in [0, 0.05) is 6.07 Å². The molecule has 0 saturated carbocycles. The fraction of sp³-hybridized carbons (Fsp3) is 0.0909. The molecule has 0 fully saturated rings. The molecule has 0 aliphatic heterocycles. The third-order valence-electron chi connectivity index (χ3n) is 2.32. The van der Waals surface area contributed by atoms with Gasteiger partial charge in [0.15, 0.2) is 4.67 Å². The van der Waals surface area contributed by atoms with E-state index in [9.17, 15) is 8.42 Å². The van der Waals surface area contributed by atoms with Gasteiger partial charge in [-0.05, 0) is 28.1 Å². The van der Waals surface area contributed by atoms with E-state index in [1.165, 1.54) is 6.07 Å². The summed E-state index contributed by atoms with van der Waals surface area (Å²) >= 11 is 8.96. The van der Waals surface area contributed by atoms with Crippen molar-refractivity contribution >= 4 is 43.2 Å². The van der Waals surface area contributed by atoms with Crippen LogP contribution in [0.4, 0.5) is 5.69 Å². The first kappa shape index (κ1) is 14.4. The van der Waals surface area contributed by atoms with Gasteiger partial charge in [0.05, 0.1) is 17.3 Å². The van der Waals surface area contributed by atoms with E-state index in [0.29, 0.717) is 16.5 Å². The van der Waals surface area contributed by atoms with Gasteiger partial charge in [-0.25, -0.2) is 8.42 Å². The molecule has 0 radical (unpaired) electrons. The van der Waals surface area contributed by atoms with Crippen molar-refractivity contribution in [1.82, 2.24) is 0 Å². The topological polar surface area (TPSA) is 85.3 Å². The molecule has 1 aromatic heterocycles. The van der Waals surface area contributed by atoms with Gasteiger partial charge < -0.3 is 10.2 Å². The number of hydrogen-bond acceptors (Lipinski definition) is 4. The molecular weight excluding hydrogens is 356 g/mol. The molecule has 0 saturated heterocycles. The van der Waals surface area contributed by atoms with Gasteiger partial charge in [-0.15, -0.1) is 0 Å². The highest BCUT2D eigenvalue weighted by Crippen LogP contribution is 2.29. The minimum Gasteiger partial charge on any atom is -0.452 e. The van der Waals surface area contributed by atoms with Crippen LogP contribution in [0.2, 0.25) is 5.02 Å². The first-order valence-electron chi connectivity index (χ1n) is 5.19. The van der Waals surface area contributed by atoms with Gasteiger partial charge in [0.1, 0.15) is 10.7 Å². The normalized spacial score (nSPS) is 11.5. The second-order valence-electron chi connectivity index (χ2n) is 3.64. The van der Waals surface area contributed by atoms with E-state index in [0.717, 1.165) is 0 Å². The highest BCUT2D eigenvalue weighted by Gasteiger charge is 2.23. The van der Waals surface area contributed by atoms with E-state index in [1.54, 1.807) is 24.3 Å². The largest absolute Gasteiger partial charge is 0.452 e. The standard InChI is InChI=1S/C11H10BrClN2O3S/c12-11-10(5-7(6-14)18-11)19(16,17)15-9-4-2-1-3-8(9)13/h1-5,15H,6,14H2. The number of sulfonamides is 1. The summed E-state index contributed by atoms with van der Waals surface area (Å²) in [5.74, 6) is 0.367. The van der Waals surface area contributed by atoms with Crippen LogP contribution >= 0.6 is 27.5 Å². The number of benzene rings is 1. The molecule has 0 aliphatic carbocycles. The van der Waals surface area contributed by atoms with Crippen molar-refractivity contribution in [2.24, 2.45) is 5.73 Å². The average Bonchev–Trinajstić information content (AvgIpc) is 2.74. The lowest BCUT2D eigenvalue weighted by atomic mass is 10.3. The van der Waals surface area contributed by atoms with Crippen molar-refractivity contribution < 1.29 is 12.8 Å². The maximum Gasteiger partial charge on any atom is 0.266 e. The Labute approximate surface area is 123 Å². The van der Waals surface area contributed by atoms with E-state index in [-0.39, 0.29) is 16.1 Å². The van der Waals surface area contributed by atoms with Crippen LogP contribution in [0.3, 0.4) is 0 Å². The summed E-state index contributed by atoms with van der Waals surface area (Å²) in [4.78, 5) is -0.0205. The molecule has 0 amide bonds. The Balaban J connectivity index is 2.38. The molecule has 2 rings (SSSR count). The highest BCUT2D eigenvalue weighted by atomic mass is 79.9. The summed E-state index contributed by atoms with van der Waals surface area (Å²) in [6, 6.07) is 7.91. The van der Waals surface area contributed by atoms with Crippen LogP contribution < -0.4 is 10.5 Å². The Morgan fingerprint density at radius 1 is 1.37 bits per heavy atom. The zero-order valence-electron chi connectivity index (χ0n) is 9.56. The second-order valence-corrected chi connectivity index (χ2v) is 6.42. The van der Waals surface area contributed by atoms with Gasteiger partial charge >= 0.3 is 0 Å². The smallest absolute Gasteiger partial charge is 0.266 e. The molecule has 0 spiro atoms. The summed E-state index contributed by atoms with van der Waals surface area (Å²) in [5, 5.41) is 0.310. The Bertz CT molecular complexity index is 700. The third-order valence-corrected chi connectivity index (χ3v) is 4.87. The van der Waals surface area contributed by atoms with Crippen molar-refractivity contribution in [3.63, 3.8) is 0 Å². The SMILES string of the molecule is NCc1cc(S(=O)(=O)Nc2ccccc2Cl)c(Br)o1. The summed E-state index contributed by atoms with van der Waals surface area (Å²) < 4.78 is 32.1. The zero-order valence-corrected chi connectivity index (χ0v) is 12.7. The van der Waals surface area contributed by atoms with Gasteiger partial charge in [0.25, 0.3) is 10.0 Å². The maximum atomic E-state index is 12.2. The molecule has 102 valence electrons. The molecule has 3 N–H and O–H groups in total. The van der Waals surface area contributed by atoms with Crippen LogP contribution in [0.15, 0.2) is 44.3 Å². The van der Waals surface area contributed by atoms with Crippen molar-refractivity contribution in [1.29, 1.82) is 0 Å². The molecule has 0 unspecified atom stereocenters. The van der Waals surface area contributed by atoms with Crippen molar-refractivity contribution in [3.8, 4) is 0 Å². The fourth-order valence-electron chi connectivity index (χ4n) is 1.43. The first-order chi connectivity index (χ1) is 8.94. The van der Waals surface area contributed by atoms with Crippen LogP contribution in [0, 0.1) is 0 Å². The molecule has 0 atom stereocenters. The van der Waals surface area contributed by atoms with E-state index in [4.69, 9.17) is 21.8 Å². The number of anilines is 1. The predicted octanol–water partition coefficient (Wildman–Crippen LogP) is 2.96. The molecule has 1 heterocycles. The predicted molar refractivity (Wildman–Crippen MR) is 76.6 cm³/mol. The van der Waals surface area contributed by atoms with E-state index in [2.05, 4.69) is 20.7 Å². The van der Waals surface area contributed by atoms with E-state index in [1.807, 2.05) is 0 Å². The Hall–Kier alpha value is -1.02. The van der Waals surface area contributed by atoms with Crippen LogP contribution in [0.25, 0.3) is 0 Å². The van der Waals surface area contributed by atoms with Gasteiger partial charge in [-0.1, -0.05) is 23.7 Å². The summed E-state index contributed by atoms with van der Waals surface area (Å²) in [5.41, 5.74) is 5.70. The van der Waals surface area contributed by atoms with E-state index < -0.39 is 10.0 Å². The number of nitrogens with two attached hydrogens (primary N) is 1. The maximum absolute atomic E-state index is 12.2. The number of nitrogens with one attached hydrogen (secondary N) is 1. The van der Waals surface area contributed by atoms with Crippen molar-refractivity contribution in [2.45, 2.75) is 11.4 Å². The Morgan fingerprint density at radius 3 is 2.63 bits per heavy atom. The second kappa shape index (κ2) is 5.54. The molecule has 19 heavy (non-hydrogen) atoms. The molecule has 5 nitrogen and oxygen atoms in total. The zero-order chi connectivity index (χ0) is 14.0. The highest BCUT2D eigenvalue weighted by molar-refractivity contribution is 9.10. The molecule has 1 aromatic carbocycles. The lowest BCUT2D eigenvalue weighted by molar-refractivity contribution is 0.484.